The van der Waals surface area contributed by atoms with Crippen LogP contribution in [-0.2, 0) is 17.4 Å². The first-order valence-corrected chi connectivity index (χ1v) is 10.6. The van der Waals surface area contributed by atoms with Crippen LogP contribution in [0.5, 0.6) is 0 Å². The summed E-state index contributed by atoms with van der Waals surface area (Å²) in [6.07, 6.45) is -3.80. The Morgan fingerprint density at radius 2 is 1.72 bits per heavy atom. The number of alkyl halides is 3. The Bertz CT molecular complexity index is 1090. The molecule has 0 saturated carbocycles. The van der Waals surface area contributed by atoms with Crippen molar-refractivity contribution in [2.75, 3.05) is 43.4 Å². The molecule has 3 aromatic rings. The van der Waals surface area contributed by atoms with Crippen LogP contribution in [0.4, 0.5) is 24.7 Å². The third-order valence-electron chi connectivity index (χ3n) is 5.71. The van der Waals surface area contributed by atoms with E-state index in [0.29, 0.717) is 17.7 Å². The molecule has 168 valence electrons. The van der Waals surface area contributed by atoms with E-state index in [2.05, 4.69) is 22.2 Å². The summed E-state index contributed by atoms with van der Waals surface area (Å²) in [6, 6.07) is 14.5. The monoisotopic (exact) mass is 442 g/mol. The number of hydrogen-bond acceptors (Lipinski definition) is 4. The number of halogens is 3. The van der Waals surface area contributed by atoms with Crippen molar-refractivity contribution in [1.29, 1.82) is 0 Å². The second kappa shape index (κ2) is 9.16. The van der Waals surface area contributed by atoms with E-state index in [1.165, 1.54) is 12.1 Å². The first-order chi connectivity index (χ1) is 15.3. The van der Waals surface area contributed by atoms with Crippen LogP contribution in [0.15, 0.2) is 54.6 Å². The van der Waals surface area contributed by atoms with Crippen LogP contribution in [-0.4, -0.2) is 49.0 Å². The van der Waals surface area contributed by atoms with Crippen LogP contribution in [0.25, 0.3) is 10.9 Å². The molecule has 5 nitrogen and oxygen atoms in total. The Kier molecular flexibility index (Phi) is 6.32. The summed E-state index contributed by atoms with van der Waals surface area (Å²) in [4.78, 5) is 21.6. The van der Waals surface area contributed by atoms with Crippen LogP contribution in [0.2, 0.25) is 0 Å². The van der Waals surface area contributed by atoms with Crippen molar-refractivity contribution in [3.05, 3.63) is 65.7 Å². The molecule has 2 heterocycles. The highest BCUT2D eigenvalue weighted by atomic mass is 19.4. The van der Waals surface area contributed by atoms with Gasteiger partial charge in [-0.25, -0.2) is 4.98 Å². The lowest BCUT2D eigenvalue weighted by molar-refractivity contribution is -0.137. The number of aromatic nitrogens is 1. The fraction of sp³-hybridized carbons (Fsp3) is 0.333. The minimum atomic E-state index is -4.36. The summed E-state index contributed by atoms with van der Waals surface area (Å²) in [5.41, 5.74) is 1.53. The van der Waals surface area contributed by atoms with Crippen LogP contribution in [0.1, 0.15) is 17.5 Å². The highest BCUT2D eigenvalue weighted by molar-refractivity contribution is 5.94. The van der Waals surface area contributed by atoms with E-state index in [-0.39, 0.29) is 12.3 Å². The van der Waals surface area contributed by atoms with Gasteiger partial charge in [0.1, 0.15) is 5.82 Å². The number of carbonyl (C=O) groups excluding carboxylic acids is 1. The van der Waals surface area contributed by atoms with Crippen molar-refractivity contribution >= 4 is 28.3 Å². The lowest BCUT2D eigenvalue weighted by atomic mass is 10.1. The molecule has 0 atom stereocenters. The van der Waals surface area contributed by atoms with E-state index in [0.717, 1.165) is 55.0 Å². The topological polar surface area (TPSA) is 48.5 Å². The maximum atomic E-state index is 12.6. The molecule has 1 aromatic heterocycles. The Labute approximate surface area is 184 Å². The number of hydrogen-bond donors (Lipinski definition) is 1. The minimum absolute atomic E-state index is 0.185. The molecule has 0 aliphatic carbocycles. The predicted octanol–water partition coefficient (Wildman–Crippen LogP) is 4.58. The van der Waals surface area contributed by atoms with Crippen LogP contribution in [0, 0.1) is 0 Å². The molecule has 0 unspecified atom stereocenters. The molecule has 1 amide bonds. The minimum Gasteiger partial charge on any atom is -0.354 e. The van der Waals surface area contributed by atoms with Gasteiger partial charge in [0, 0.05) is 43.7 Å². The Morgan fingerprint density at radius 3 is 2.41 bits per heavy atom. The maximum Gasteiger partial charge on any atom is 0.416 e. The second-order valence-corrected chi connectivity index (χ2v) is 8.11. The summed E-state index contributed by atoms with van der Waals surface area (Å²) >= 11 is 0. The summed E-state index contributed by atoms with van der Waals surface area (Å²) in [6.45, 7) is 3.92. The van der Waals surface area contributed by atoms with Gasteiger partial charge in [0.2, 0.25) is 5.91 Å². The molecule has 32 heavy (non-hydrogen) atoms. The van der Waals surface area contributed by atoms with E-state index in [4.69, 9.17) is 4.98 Å². The van der Waals surface area contributed by atoms with Gasteiger partial charge in [-0.2, -0.15) is 13.2 Å². The van der Waals surface area contributed by atoms with Crippen molar-refractivity contribution in [2.24, 2.45) is 0 Å². The van der Waals surface area contributed by atoms with Gasteiger partial charge in [-0.15, -0.1) is 0 Å². The van der Waals surface area contributed by atoms with Crippen molar-refractivity contribution in [1.82, 2.24) is 9.88 Å². The first kappa shape index (κ1) is 22.1. The Morgan fingerprint density at radius 1 is 1.00 bits per heavy atom. The van der Waals surface area contributed by atoms with Gasteiger partial charge in [0.15, 0.2) is 0 Å². The van der Waals surface area contributed by atoms with E-state index in [9.17, 15) is 18.0 Å². The molecule has 1 aliphatic rings. The second-order valence-electron chi connectivity index (χ2n) is 8.11. The number of carbonyl (C=O) groups is 1. The molecule has 1 aliphatic heterocycles. The number of likely N-dealkylation sites (N-methyl/N-ethyl adjacent to an activating group) is 1. The molecule has 8 heteroatoms. The van der Waals surface area contributed by atoms with Gasteiger partial charge < -0.3 is 15.1 Å². The molecular formula is C24H25F3N4O. The molecule has 1 saturated heterocycles. The van der Waals surface area contributed by atoms with Crippen molar-refractivity contribution in [3.63, 3.8) is 0 Å². The lowest BCUT2D eigenvalue weighted by Crippen LogP contribution is -2.44. The molecule has 4 rings (SSSR count). The maximum absolute atomic E-state index is 12.6. The molecule has 0 spiro atoms. The van der Waals surface area contributed by atoms with Gasteiger partial charge >= 0.3 is 6.18 Å². The van der Waals surface area contributed by atoms with Crippen LogP contribution < -0.4 is 10.2 Å². The van der Waals surface area contributed by atoms with Crippen molar-refractivity contribution < 1.29 is 18.0 Å². The van der Waals surface area contributed by atoms with Gasteiger partial charge in [-0.3, -0.25) is 4.79 Å². The first-order valence-electron chi connectivity index (χ1n) is 10.6. The summed E-state index contributed by atoms with van der Waals surface area (Å²) in [7, 11) is 2.12. The SMILES string of the molecule is CN1CCN(c2ccc3cc(NC(=O)CCc4ccc(C(F)(F)F)cc4)ccc3n2)CC1. The molecule has 0 bridgehead atoms. The Hall–Kier alpha value is -3.13. The average molecular weight is 442 g/mol. The predicted molar refractivity (Wildman–Crippen MR) is 120 cm³/mol. The highest BCUT2D eigenvalue weighted by Gasteiger charge is 2.29. The number of nitrogens with one attached hydrogen (secondary N) is 1. The van der Waals surface area contributed by atoms with Gasteiger partial charge in [0.25, 0.3) is 0 Å². The van der Waals surface area contributed by atoms with E-state index < -0.39 is 11.7 Å². The standard InChI is InChI=1S/C24H25F3N4O/c1-30-12-14-31(15-13-30)22-10-5-18-16-20(8-9-21(18)29-22)28-23(32)11-4-17-2-6-19(7-3-17)24(25,26)27/h2-3,5-10,16H,4,11-15H2,1H3,(H,28,32). The van der Waals surface area contributed by atoms with Gasteiger partial charge in [-0.05, 0) is 61.5 Å². The largest absolute Gasteiger partial charge is 0.416 e. The third kappa shape index (κ3) is 5.37. The van der Waals surface area contributed by atoms with Crippen molar-refractivity contribution in [2.45, 2.75) is 19.0 Å². The number of benzene rings is 2. The smallest absolute Gasteiger partial charge is 0.354 e. The average Bonchev–Trinajstić information content (AvgIpc) is 2.77. The zero-order valence-corrected chi connectivity index (χ0v) is 17.8. The number of aryl methyl sites for hydroxylation is 1. The molecular weight excluding hydrogens is 417 g/mol. The highest BCUT2D eigenvalue weighted by Crippen LogP contribution is 2.29. The van der Waals surface area contributed by atoms with E-state index in [1.807, 2.05) is 30.3 Å². The van der Waals surface area contributed by atoms with E-state index >= 15 is 0 Å². The lowest BCUT2D eigenvalue weighted by Gasteiger charge is -2.33. The third-order valence-corrected chi connectivity index (χ3v) is 5.71. The normalized spacial score (nSPS) is 15.2. The number of amides is 1. The fourth-order valence-corrected chi connectivity index (χ4v) is 3.75. The fourth-order valence-electron chi connectivity index (χ4n) is 3.75. The number of pyridine rings is 1. The molecule has 1 N–H and O–H groups in total. The molecule has 0 radical (unpaired) electrons. The number of fused-ring (bicyclic) bond motifs is 1. The zero-order valence-electron chi connectivity index (χ0n) is 17.8. The summed E-state index contributed by atoms with van der Waals surface area (Å²) in [5, 5.41) is 3.79. The number of piperazine rings is 1. The quantitative estimate of drug-likeness (QED) is 0.629. The molecule has 2 aromatic carbocycles. The van der Waals surface area contributed by atoms with E-state index in [1.54, 1.807) is 0 Å². The molecule has 1 fully saturated rings. The Balaban J connectivity index is 1.35. The van der Waals surface area contributed by atoms with Crippen LogP contribution in [0.3, 0.4) is 0 Å². The van der Waals surface area contributed by atoms with Crippen LogP contribution >= 0.6 is 0 Å². The van der Waals surface area contributed by atoms with Gasteiger partial charge in [-0.1, -0.05) is 12.1 Å². The number of anilines is 2. The number of rotatable bonds is 5. The van der Waals surface area contributed by atoms with Gasteiger partial charge in [0.05, 0.1) is 11.1 Å². The summed E-state index contributed by atoms with van der Waals surface area (Å²) in [5.74, 6) is 0.769. The van der Waals surface area contributed by atoms with Crippen molar-refractivity contribution in [3.8, 4) is 0 Å². The number of nitrogens with zero attached hydrogens (tertiary/aromatic N) is 3. The zero-order chi connectivity index (χ0) is 22.7. The summed E-state index contributed by atoms with van der Waals surface area (Å²) < 4.78 is 37.9.